The molecule has 3 atom stereocenters. The number of carbonyl (C=O) groups excluding carboxylic acids is 2. The van der Waals surface area contributed by atoms with Gasteiger partial charge in [-0.2, -0.15) is 0 Å². The van der Waals surface area contributed by atoms with Crippen LogP contribution in [0.25, 0.3) is 6.08 Å². The zero-order chi connectivity index (χ0) is 25.8. The third kappa shape index (κ3) is 5.77. The van der Waals surface area contributed by atoms with Gasteiger partial charge in [-0.05, 0) is 68.0 Å². The van der Waals surface area contributed by atoms with Gasteiger partial charge in [0.15, 0.2) is 5.76 Å². The standard InChI is InChI=1S/C32H34N2O3/c1-22-12-14-25(15-13-22)21-34-28-10-6-7-11-29(28)37-30(32(34)36)20-24-16-18-27(19-17-24)31(35)33-23(2)26-8-4-3-5-9-26/h3-5,8-9,12-20,23,28-29H,6-7,10-11,21H2,1-2H3,(H,33,35)/b30-20+. The Labute approximate surface area is 219 Å². The molecule has 3 aromatic carbocycles. The zero-order valence-corrected chi connectivity index (χ0v) is 21.5. The molecule has 37 heavy (non-hydrogen) atoms. The average molecular weight is 495 g/mol. The van der Waals surface area contributed by atoms with E-state index in [1.807, 2.05) is 60.4 Å². The van der Waals surface area contributed by atoms with Crippen LogP contribution in [0.15, 0.2) is 84.6 Å². The fraction of sp³-hybridized carbons (Fsp3) is 0.312. The van der Waals surface area contributed by atoms with Gasteiger partial charge < -0.3 is 15.0 Å². The normalized spacial score (nSPS) is 21.2. The minimum atomic E-state index is -0.130. The number of morpholine rings is 1. The fourth-order valence-electron chi connectivity index (χ4n) is 5.24. The minimum absolute atomic E-state index is 0.0210. The van der Waals surface area contributed by atoms with Crippen LogP contribution >= 0.6 is 0 Å². The molecule has 1 saturated heterocycles. The Balaban J connectivity index is 1.31. The van der Waals surface area contributed by atoms with E-state index in [2.05, 4.69) is 36.5 Å². The van der Waals surface area contributed by atoms with Crippen LogP contribution in [0.3, 0.4) is 0 Å². The van der Waals surface area contributed by atoms with Crippen LogP contribution in [0.4, 0.5) is 0 Å². The van der Waals surface area contributed by atoms with Crippen LogP contribution in [-0.4, -0.2) is 28.9 Å². The number of hydrogen-bond acceptors (Lipinski definition) is 3. The number of amides is 2. The van der Waals surface area contributed by atoms with Gasteiger partial charge in [0.25, 0.3) is 11.8 Å². The summed E-state index contributed by atoms with van der Waals surface area (Å²) in [6.45, 7) is 4.62. The zero-order valence-electron chi connectivity index (χ0n) is 21.5. The topological polar surface area (TPSA) is 58.6 Å². The first-order valence-electron chi connectivity index (χ1n) is 13.2. The summed E-state index contributed by atoms with van der Waals surface area (Å²) in [7, 11) is 0. The van der Waals surface area contributed by atoms with Gasteiger partial charge in [-0.25, -0.2) is 0 Å². The number of benzene rings is 3. The molecular weight excluding hydrogens is 460 g/mol. The first kappa shape index (κ1) is 24.8. The molecule has 1 saturated carbocycles. The maximum atomic E-state index is 13.6. The van der Waals surface area contributed by atoms with Crippen molar-refractivity contribution in [2.75, 3.05) is 0 Å². The second kappa shape index (κ2) is 11.0. The fourth-order valence-corrected chi connectivity index (χ4v) is 5.24. The first-order chi connectivity index (χ1) is 18.0. The molecule has 2 fully saturated rings. The van der Waals surface area contributed by atoms with E-state index in [1.54, 1.807) is 12.1 Å². The smallest absolute Gasteiger partial charge is 0.289 e. The summed E-state index contributed by atoms with van der Waals surface area (Å²) in [5.41, 5.74) is 4.81. The van der Waals surface area contributed by atoms with Crippen molar-refractivity contribution in [3.8, 4) is 0 Å². The summed E-state index contributed by atoms with van der Waals surface area (Å²) in [4.78, 5) is 28.3. The first-order valence-corrected chi connectivity index (χ1v) is 13.2. The molecule has 0 aromatic heterocycles. The molecule has 2 aliphatic rings. The number of aryl methyl sites for hydroxylation is 1. The summed E-state index contributed by atoms with van der Waals surface area (Å²) >= 11 is 0. The molecule has 3 unspecified atom stereocenters. The average Bonchev–Trinajstić information content (AvgIpc) is 2.93. The molecular formula is C32H34N2O3. The molecule has 1 aliphatic heterocycles. The van der Waals surface area contributed by atoms with Crippen molar-refractivity contribution in [1.29, 1.82) is 0 Å². The van der Waals surface area contributed by atoms with Crippen molar-refractivity contribution >= 4 is 17.9 Å². The number of nitrogens with zero attached hydrogens (tertiary/aromatic N) is 1. The Morgan fingerprint density at radius 2 is 1.70 bits per heavy atom. The Hall–Kier alpha value is -3.86. The van der Waals surface area contributed by atoms with Crippen molar-refractivity contribution < 1.29 is 14.3 Å². The Kier molecular flexibility index (Phi) is 7.40. The van der Waals surface area contributed by atoms with E-state index in [1.165, 1.54) is 5.56 Å². The summed E-state index contributed by atoms with van der Waals surface area (Å²) in [6.07, 6.45) is 6.00. The number of ether oxygens (including phenoxy) is 1. The van der Waals surface area contributed by atoms with Gasteiger partial charge >= 0.3 is 0 Å². The van der Waals surface area contributed by atoms with Crippen molar-refractivity contribution in [3.05, 3.63) is 112 Å². The van der Waals surface area contributed by atoms with Gasteiger partial charge in [-0.1, -0.05) is 78.7 Å². The van der Waals surface area contributed by atoms with Gasteiger partial charge in [0.1, 0.15) is 6.10 Å². The lowest BCUT2D eigenvalue weighted by molar-refractivity contribution is -0.149. The maximum Gasteiger partial charge on any atom is 0.289 e. The molecule has 5 heteroatoms. The molecule has 190 valence electrons. The summed E-state index contributed by atoms with van der Waals surface area (Å²) in [5, 5.41) is 3.04. The largest absolute Gasteiger partial charge is 0.482 e. The third-order valence-corrected chi connectivity index (χ3v) is 7.41. The van der Waals surface area contributed by atoms with Gasteiger partial charge in [-0.15, -0.1) is 0 Å². The Bertz CT molecular complexity index is 1270. The molecule has 5 nitrogen and oxygen atoms in total. The molecule has 0 radical (unpaired) electrons. The van der Waals surface area contributed by atoms with Crippen LogP contribution in [0, 0.1) is 6.92 Å². The van der Waals surface area contributed by atoms with Crippen molar-refractivity contribution in [2.45, 2.75) is 64.3 Å². The molecule has 1 heterocycles. The van der Waals surface area contributed by atoms with Crippen molar-refractivity contribution in [1.82, 2.24) is 10.2 Å². The van der Waals surface area contributed by atoms with E-state index in [4.69, 9.17) is 4.74 Å². The minimum Gasteiger partial charge on any atom is -0.482 e. The van der Waals surface area contributed by atoms with Gasteiger partial charge in [-0.3, -0.25) is 9.59 Å². The van der Waals surface area contributed by atoms with Crippen LogP contribution in [0.5, 0.6) is 0 Å². The highest BCUT2D eigenvalue weighted by Crippen LogP contribution is 2.34. The lowest BCUT2D eigenvalue weighted by Gasteiger charge is -2.44. The molecule has 2 amide bonds. The van der Waals surface area contributed by atoms with E-state index in [0.29, 0.717) is 17.9 Å². The lowest BCUT2D eigenvalue weighted by atomic mass is 9.89. The number of nitrogens with one attached hydrogen (secondary N) is 1. The molecule has 0 spiro atoms. The predicted molar refractivity (Wildman–Crippen MR) is 146 cm³/mol. The van der Waals surface area contributed by atoms with Crippen LogP contribution in [0.2, 0.25) is 0 Å². The predicted octanol–water partition coefficient (Wildman–Crippen LogP) is 6.20. The lowest BCUT2D eigenvalue weighted by Crippen LogP contribution is -2.54. The highest BCUT2D eigenvalue weighted by atomic mass is 16.5. The highest BCUT2D eigenvalue weighted by Gasteiger charge is 2.41. The SMILES string of the molecule is Cc1ccc(CN2C(=O)/C(=C\c3ccc(C(=O)NC(C)c4ccccc4)cc3)OC3CCCCC32)cc1. The van der Waals surface area contributed by atoms with E-state index in [-0.39, 0.29) is 30.0 Å². The molecule has 0 bridgehead atoms. The van der Waals surface area contributed by atoms with Gasteiger partial charge in [0.05, 0.1) is 12.1 Å². The van der Waals surface area contributed by atoms with E-state index in [9.17, 15) is 9.59 Å². The molecule has 3 aromatic rings. The molecule has 5 rings (SSSR count). The molecule has 1 N–H and O–H groups in total. The summed E-state index contributed by atoms with van der Waals surface area (Å²) in [6, 6.07) is 25.6. The number of carbonyl (C=O) groups is 2. The molecule has 1 aliphatic carbocycles. The van der Waals surface area contributed by atoms with Crippen molar-refractivity contribution in [2.24, 2.45) is 0 Å². The third-order valence-electron chi connectivity index (χ3n) is 7.41. The van der Waals surface area contributed by atoms with Crippen LogP contribution in [-0.2, 0) is 16.1 Å². The Morgan fingerprint density at radius 3 is 2.43 bits per heavy atom. The summed E-state index contributed by atoms with van der Waals surface area (Å²) in [5.74, 6) is 0.183. The van der Waals surface area contributed by atoms with Crippen LogP contribution < -0.4 is 5.32 Å². The second-order valence-electron chi connectivity index (χ2n) is 10.2. The monoisotopic (exact) mass is 494 g/mol. The maximum absolute atomic E-state index is 13.6. The number of hydrogen-bond donors (Lipinski definition) is 1. The van der Waals surface area contributed by atoms with E-state index < -0.39 is 0 Å². The number of rotatable bonds is 6. The van der Waals surface area contributed by atoms with Gasteiger partial charge in [0, 0.05) is 12.1 Å². The van der Waals surface area contributed by atoms with Crippen molar-refractivity contribution in [3.63, 3.8) is 0 Å². The van der Waals surface area contributed by atoms with Crippen LogP contribution in [0.1, 0.15) is 71.3 Å². The quantitative estimate of drug-likeness (QED) is 0.415. The number of fused-ring (bicyclic) bond motifs is 1. The Morgan fingerprint density at radius 1 is 1.00 bits per heavy atom. The second-order valence-corrected chi connectivity index (χ2v) is 10.2. The summed E-state index contributed by atoms with van der Waals surface area (Å²) < 4.78 is 6.26. The van der Waals surface area contributed by atoms with Gasteiger partial charge in [0.2, 0.25) is 0 Å². The highest BCUT2D eigenvalue weighted by molar-refractivity contribution is 5.97. The van der Waals surface area contributed by atoms with E-state index >= 15 is 0 Å². The van der Waals surface area contributed by atoms with E-state index in [0.717, 1.165) is 42.4 Å².